The minimum absolute atomic E-state index is 0.280. The van der Waals surface area contributed by atoms with E-state index in [1.54, 1.807) is 7.11 Å². The summed E-state index contributed by atoms with van der Waals surface area (Å²) in [5.74, 6) is 3.03. The highest BCUT2D eigenvalue weighted by Crippen LogP contribution is 2.60. The van der Waals surface area contributed by atoms with Gasteiger partial charge in [0.15, 0.2) is 11.5 Å². The second-order valence-electron chi connectivity index (χ2n) is 7.56. The number of benzene rings is 1. The van der Waals surface area contributed by atoms with Gasteiger partial charge in [0.1, 0.15) is 0 Å². The van der Waals surface area contributed by atoms with Crippen LogP contribution in [0.15, 0.2) is 12.1 Å². The molecule has 3 heteroatoms. The number of methoxy groups -OCH3 is 1. The summed E-state index contributed by atoms with van der Waals surface area (Å²) in [6, 6.07) is 4.02. The third-order valence-corrected chi connectivity index (χ3v) is 7.40. The van der Waals surface area contributed by atoms with E-state index in [-0.39, 0.29) is 5.75 Å². The van der Waals surface area contributed by atoms with Crippen molar-refractivity contribution in [1.82, 2.24) is 0 Å². The lowest BCUT2D eigenvalue weighted by Crippen LogP contribution is -2.42. The van der Waals surface area contributed by atoms with Crippen molar-refractivity contribution in [2.75, 3.05) is 7.11 Å². The average Bonchev–Trinajstić information content (AvgIpc) is 2.82. The Hall–Kier alpha value is -1.09. The van der Waals surface area contributed by atoms with Crippen LogP contribution in [0.25, 0.3) is 0 Å². The van der Waals surface area contributed by atoms with Gasteiger partial charge in [-0.25, -0.2) is 0 Å². The molecular formula is C19H24O2S. The Balaban J connectivity index is 1.74. The Bertz CT molecular complexity index is 639. The van der Waals surface area contributed by atoms with Crippen LogP contribution in [-0.4, -0.2) is 17.1 Å². The number of aromatic hydroxyl groups is 1. The van der Waals surface area contributed by atoms with E-state index in [0.717, 1.165) is 24.7 Å². The molecule has 2 nitrogen and oxygen atoms in total. The van der Waals surface area contributed by atoms with Gasteiger partial charge < -0.3 is 9.84 Å². The van der Waals surface area contributed by atoms with Gasteiger partial charge in [-0.05, 0) is 84.4 Å². The number of ether oxygens (including phenoxy) is 1. The third-order valence-electron chi connectivity index (χ3n) is 6.73. The second-order valence-corrected chi connectivity index (χ2v) is 8.05. The van der Waals surface area contributed by atoms with Gasteiger partial charge in [0.05, 0.1) is 7.11 Å². The highest BCUT2D eigenvalue weighted by Gasteiger charge is 2.52. The fraction of sp³-hybridized carbons (Fsp3) is 0.632. The zero-order valence-electron chi connectivity index (χ0n) is 13.4. The molecule has 0 spiro atoms. The largest absolute Gasteiger partial charge is 0.504 e. The van der Waals surface area contributed by atoms with E-state index in [1.165, 1.54) is 41.7 Å². The second kappa shape index (κ2) is 4.95. The molecule has 1 N–H and O–H groups in total. The summed E-state index contributed by atoms with van der Waals surface area (Å²) in [6.07, 6.45) is 7.19. The van der Waals surface area contributed by atoms with E-state index < -0.39 is 0 Å². The molecule has 2 fully saturated rings. The molecule has 0 bridgehead atoms. The van der Waals surface area contributed by atoms with Gasteiger partial charge in [-0.1, -0.05) is 19.1 Å². The smallest absolute Gasteiger partial charge is 0.160 e. The normalized spacial score (nSPS) is 36.5. The molecule has 4 atom stereocenters. The van der Waals surface area contributed by atoms with Gasteiger partial charge in [-0.3, -0.25) is 0 Å². The maximum Gasteiger partial charge on any atom is 0.160 e. The first-order valence-electron chi connectivity index (χ1n) is 8.47. The lowest BCUT2D eigenvalue weighted by Gasteiger charge is -2.49. The number of phenols is 1. The summed E-state index contributed by atoms with van der Waals surface area (Å²) in [5, 5.41) is 10.0. The Labute approximate surface area is 137 Å². The molecule has 1 aromatic carbocycles. The van der Waals surface area contributed by atoms with E-state index in [9.17, 15) is 5.11 Å². The maximum atomic E-state index is 10.0. The average molecular weight is 316 g/mol. The molecule has 22 heavy (non-hydrogen) atoms. The first-order chi connectivity index (χ1) is 10.5. The van der Waals surface area contributed by atoms with Crippen molar-refractivity contribution < 1.29 is 9.84 Å². The Kier molecular flexibility index (Phi) is 3.26. The van der Waals surface area contributed by atoms with Gasteiger partial charge in [0.25, 0.3) is 0 Å². The fourth-order valence-corrected chi connectivity index (χ4v) is 5.89. The van der Waals surface area contributed by atoms with E-state index >= 15 is 0 Å². The monoisotopic (exact) mass is 316 g/mol. The first-order valence-corrected chi connectivity index (χ1v) is 8.88. The topological polar surface area (TPSA) is 29.5 Å². The van der Waals surface area contributed by atoms with E-state index in [0.29, 0.717) is 17.1 Å². The number of aryl methyl sites for hydroxylation is 1. The maximum absolute atomic E-state index is 10.0. The van der Waals surface area contributed by atoms with Gasteiger partial charge in [-0.15, -0.1) is 0 Å². The van der Waals surface area contributed by atoms with Crippen LogP contribution in [-0.2, 0) is 6.42 Å². The molecule has 0 heterocycles. The summed E-state index contributed by atoms with van der Waals surface area (Å²) in [4.78, 5) is 1.32. The van der Waals surface area contributed by atoms with Crippen molar-refractivity contribution in [3.63, 3.8) is 0 Å². The van der Waals surface area contributed by atoms with Crippen molar-refractivity contribution in [3.05, 3.63) is 23.3 Å². The number of thiocarbonyl (C=S) groups is 1. The van der Waals surface area contributed by atoms with Gasteiger partial charge >= 0.3 is 0 Å². The summed E-state index contributed by atoms with van der Waals surface area (Å²) in [7, 11) is 1.63. The zero-order valence-corrected chi connectivity index (χ0v) is 14.2. The predicted molar refractivity (Wildman–Crippen MR) is 91.9 cm³/mol. The van der Waals surface area contributed by atoms with Crippen molar-refractivity contribution in [1.29, 1.82) is 0 Å². The Morgan fingerprint density at radius 2 is 2.05 bits per heavy atom. The molecule has 4 rings (SSSR count). The number of hydrogen-bond acceptors (Lipinski definition) is 3. The molecule has 0 amide bonds. The van der Waals surface area contributed by atoms with Crippen LogP contribution >= 0.6 is 12.2 Å². The molecular weight excluding hydrogens is 292 g/mol. The van der Waals surface area contributed by atoms with Crippen molar-refractivity contribution in [2.24, 2.45) is 17.3 Å². The van der Waals surface area contributed by atoms with Gasteiger partial charge in [0.2, 0.25) is 0 Å². The number of fused-ring (bicyclic) bond motifs is 5. The van der Waals surface area contributed by atoms with E-state index in [2.05, 4.69) is 13.0 Å². The van der Waals surface area contributed by atoms with Crippen molar-refractivity contribution in [2.45, 2.75) is 51.4 Å². The summed E-state index contributed by atoms with van der Waals surface area (Å²) >= 11 is 5.71. The third kappa shape index (κ3) is 1.87. The number of rotatable bonds is 1. The van der Waals surface area contributed by atoms with Crippen LogP contribution in [0.1, 0.15) is 56.1 Å². The molecule has 2 saturated carbocycles. The van der Waals surface area contributed by atoms with Crippen molar-refractivity contribution in [3.8, 4) is 11.5 Å². The SMILES string of the molecule is COc1cc2c(cc1O)CCC1C2CC[C@]2(C)C(=S)CCC12. The molecule has 3 aliphatic rings. The molecule has 118 valence electrons. The van der Waals surface area contributed by atoms with Crippen LogP contribution in [0.3, 0.4) is 0 Å². The van der Waals surface area contributed by atoms with E-state index in [1.807, 2.05) is 6.07 Å². The van der Waals surface area contributed by atoms with Crippen LogP contribution in [0, 0.1) is 17.3 Å². The molecule has 3 unspecified atom stereocenters. The van der Waals surface area contributed by atoms with Gasteiger partial charge in [-0.2, -0.15) is 0 Å². The fourth-order valence-electron chi connectivity index (χ4n) is 5.52. The predicted octanol–water partition coefficient (Wildman–Crippen LogP) is 4.63. The number of hydrogen-bond donors (Lipinski definition) is 1. The minimum Gasteiger partial charge on any atom is -0.504 e. The van der Waals surface area contributed by atoms with E-state index in [4.69, 9.17) is 17.0 Å². The Morgan fingerprint density at radius 3 is 2.82 bits per heavy atom. The Morgan fingerprint density at radius 1 is 1.23 bits per heavy atom. The van der Waals surface area contributed by atoms with Crippen LogP contribution in [0.2, 0.25) is 0 Å². The molecule has 0 radical (unpaired) electrons. The first kappa shape index (κ1) is 14.5. The van der Waals surface area contributed by atoms with Crippen molar-refractivity contribution >= 4 is 17.1 Å². The quantitative estimate of drug-likeness (QED) is 0.766. The van der Waals surface area contributed by atoms with Crippen LogP contribution < -0.4 is 4.74 Å². The summed E-state index contributed by atoms with van der Waals surface area (Å²) in [6.45, 7) is 2.41. The molecule has 3 aliphatic carbocycles. The summed E-state index contributed by atoms with van der Waals surface area (Å²) in [5.41, 5.74) is 3.05. The number of phenolic OH excluding ortho intramolecular Hbond substituents is 1. The zero-order chi connectivity index (χ0) is 15.5. The lowest BCUT2D eigenvalue weighted by molar-refractivity contribution is 0.0965. The van der Waals surface area contributed by atoms with Gasteiger partial charge in [0, 0.05) is 5.41 Å². The highest BCUT2D eigenvalue weighted by molar-refractivity contribution is 7.80. The summed E-state index contributed by atoms with van der Waals surface area (Å²) < 4.78 is 5.34. The molecule has 0 saturated heterocycles. The molecule has 0 aliphatic heterocycles. The lowest BCUT2D eigenvalue weighted by atomic mass is 9.56. The molecule has 1 aromatic rings. The van der Waals surface area contributed by atoms with Crippen LogP contribution in [0.5, 0.6) is 11.5 Å². The highest BCUT2D eigenvalue weighted by atomic mass is 32.1. The molecule has 0 aromatic heterocycles. The standard InChI is InChI=1S/C19H24O2S/c1-19-8-7-12-13(15(19)5-6-18(19)22)4-3-11-9-16(20)17(21-2)10-14(11)12/h9-10,12-13,15,20H,3-8H2,1-2H3/t12?,13?,15?,19-/m0/s1. The minimum atomic E-state index is 0.280. The van der Waals surface area contributed by atoms with Crippen LogP contribution in [0.4, 0.5) is 0 Å².